The van der Waals surface area contributed by atoms with Crippen molar-refractivity contribution in [2.24, 2.45) is 0 Å². The summed E-state index contributed by atoms with van der Waals surface area (Å²) < 4.78 is 39.6. The van der Waals surface area contributed by atoms with Gasteiger partial charge in [0.2, 0.25) is 0 Å². The van der Waals surface area contributed by atoms with Gasteiger partial charge in [-0.1, -0.05) is 75.4 Å². The van der Waals surface area contributed by atoms with Gasteiger partial charge >= 0.3 is 5.97 Å². The van der Waals surface area contributed by atoms with Crippen LogP contribution in [0.2, 0.25) is 0 Å². The fourth-order valence-corrected chi connectivity index (χ4v) is 5.36. The topological polar surface area (TPSA) is 72.5 Å². The average molecular weight is 630 g/mol. The van der Waals surface area contributed by atoms with E-state index in [1.54, 1.807) is 0 Å². The van der Waals surface area contributed by atoms with Gasteiger partial charge in [-0.25, -0.2) is 0 Å². The van der Waals surface area contributed by atoms with Gasteiger partial charge in [-0.3, -0.25) is 4.79 Å². The summed E-state index contributed by atoms with van der Waals surface area (Å²) in [5.74, 6) is -0.372. The molecule has 0 bridgehead atoms. The van der Waals surface area contributed by atoms with Gasteiger partial charge in [-0.05, 0) is 55.9 Å². The van der Waals surface area contributed by atoms with Crippen molar-refractivity contribution in [3.8, 4) is 0 Å². The van der Waals surface area contributed by atoms with Crippen LogP contribution >= 0.6 is 15.9 Å². The van der Waals surface area contributed by atoms with E-state index in [0.29, 0.717) is 33.0 Å². The van der Waals surface area contributed by atoms with E-state index in [1.807, 2.05) is 25.1 Å². The molecule has 1 aromatic rings. The van der Waals surface area contributed by atoms with E-state index in [0.717, 1.165) is 67.0 Å². The van der Waals surface area contributed by atoms with E-state index in [4.69, 9.17) is 28.4 Å². The van der Waals surface area contributed by atoms with Gasteiger partial charge in [-0.2, -0.15) is 0 Å². The van der Waals surface area contributed by atoms with E-state index in [-0.39, 0.29) is 12.1 Å². The molecule has 2 rings (SSSR count). The minimum atomic E-state index is -0.677. The molecular weight excluding hydrogens is 576 g/mol. The second-order valence-corrected chi connectivity index (χ2v) is 11.6. The minimum Gasteiger partial charge on any atom is -0.455 e. The van der Waals surface area contributed by atoms with Gasteiger partial charge in [0.1, 0.15) is 30.5 Å². The normalized spacial score (nSPS) is 23.7. The summed E-state index contributed by atoms with van der Waals surface area (Å²) in [5.41, 5.74) is 1.88. The van der Waals surface area contributed by atoms with Crippen LogP contribution in [0.4, 0.5) is 0 Å². The zero-order chi connectivity index (χ0) is 29.3. The van der Waals surface area contributed by atoms with Crippen LogP contribution in [-0.4, -0.2) is 69.5 Å². The number of esters is 1. The predicted molar refractivity (Wildman–Crippen MR) is 162 cm³/mol. The van der Waals surface area contributed by atoms with Gasteiger partial charge in [0.15, 0.2) is 6.10 Å². The number of hydrogen-bond donors (Lipinski definition) is 0. The Morgan fingerprint density at radius 2 is 1.40 bits per heavy atom. The van der Waals surface area contributed by atoms with Crippen LogP contribution in [0.5, 0.6) is 0 Å². The number of benzene rings is 1. The highest BCUT2D eigenvalue weighted by Gasteiger charge is 2.52. The van der Waals surface area contributed by atoms with E-state index in [2.05, 4.69) is 43.6 Å². The first-order valence-corrected chi connectivity index (χ1v) is 16.2. The first-order valence-electron chi connectivity index (χ1n) is 15.4. The van der Waals surface area contributed by atoms with Crippen LogP contribution < -0.4 is 0 Å². The largest absolute Gasteiger partial charge is 0.455 e. The molecule has 3 unspecified atom stereocenters. The van der Waals surface area contributed by atoms with Gasteiger partial charge in [0.05, 0.1) is 6.61 Å². The van der Waals surface area contributed by atoms with Crippen molar-refractivity contribution in [2.45, 2.75) is 130 Å². The molecule has 1 aromatic carbocycles. The van der Waals surface area contributed by atoms with Gasteiger partial charge < -0.3 is 28.4 Å². The number of aryl methyl sites for hydroxylation is 1. The highest BCUT2D eigenvalue weighted by molar-refractivity contribution is 9.10. The molecule has 0 N–H and O–H groups in total. The van der Waals surface area contributed by atoms with Crippen molar-refractivity contribution in [1.29, 1.82) is 0 Å². The fraction of sp³-hybridized carbons (Fsp3) is 0.781. The standard InChI is InChI=1S/C32H53BrO7/c1-7-11-17-35-22-27-29(36-18-12-8-2)30(37-19-13-9-3)31(38-20-14-10-4)32(40-27)28(39-24(6)34)26-16-15-25(33)21-23(26)5/h15-16,21,27-32H,7-14,17-20,22H2,1-6H3/t27?,28-,29-,30?,31?,32-/m1/s1. The highest BCUT2D eigenvalue weighted by atomic mass is 79.9. The van der Waals surface area contributed by atoms with Crippen LogP contribution in [0, 0.1) is 6.92 Å². The Kier molecular flexibility index (Phi) is 17.6. The minimum absolute atomic E-state index is 0.364. The Morgan fingerprint density at radius 1 is 0.850 bits per heavy atom. The zero-order valence-electron chi connectivity index (χ0n) is 25.6. The molecular formula is C32H53BrO7. The van der Waals surface area contributed by atoms with Gasteiger partial charge in [0, 0.05) is 37.8 Å². The Labute approximate surface area is 251 Å². The molecule has 40 heavy (non-hydrogen) atoms. The Hall–Kier alpha value is -1.03. The zero-order valence-corrected chi connectivity index (χ0v) is 27.2. The van der Waals surface area contributed by atoms with Gasteiger partial charge in [0.25, 0.3) is 0 Å². The Balaban J connectivity index is 2.56. The number of unbranched alkanes of at least 4 members (excludes halogenated alkanes) is 4. The first-order chi connectivity index (χ1) is 19.4. The molecule has 0 aromatic heterocycles. The monoisotopic (exact) mass is 628 g/mol. The quantitative estimate of drug-likeness (QED) is 0.109. The second kappa shape index (κ2) is 20.0. The summed E-state index contributed by atoms with van der Waals surface area (Å²) >= 11 is 3.56. The van der Waals surface area contributed by atoms with Crippen LogP contribution in [-0.2, 0) is 33.2 Å². The van der Waals surface area contributed by atoms with E-state index in [9.17, 15) is 4.79 Å². The Bertz CT molecular complexity index is 835. The van der Waals surface area contributed by atoms with Crippen LogP contribution in [0.1, 0.15) is 103 Å². The molecule has 0 radical (unpaired) electrons. The molecule has 1 heterocycles. The molecule has 1 aliphatic heterocycles. The summed E-state index contributed by atoms with van der Waals surface area (Å²) in [6.45, 7) is 14.8. The lowest BCUT2D eigenvalue weighted by atomic mass is 9.87. The lowest BCUT2D eigenvalue weighted by molar-refractivity contribution is -0.283. The molecule has 0 spiro atoms. The van der Waals surface area contributed by atoms with Crippen molar-refractivity contribution in [1.82, 2.24) is 0 Å². The van der Waals surface area contributed by atoms with Crippen molar-refractivity contribution in [2.75, 3.05) is 33.0 Å². The molecule has 8 heteroatoms. The predicted octanol–water partition coefficient (Wildman–Crippen LogP) is 7.50. The van der Waals surface area contributed by atoms with Crippen LogP contribution in [0.25, 0.3) is 0 Å². The summed E-state index contributed by atoms with van der Waals surface area (Å²) in [6.07, 6.45) is 4.95. The Morgan fingerprint density at radius 3 is 1.95 bits per heavy atom. The summed E-state index contributed by atoms with van der Waals surface area (Å²) in [7, 11) is 0. The lowest BCUT2D eigenvalue weighted by Crippen LogP contribution is -2.63. The van der Waals surface area contributed by atoms with Crippen molar-refractivity contribution in [3.05, 3.63) is 33.8 Å². The fourth-order valence-electron chi connectivity index (χ4n) is 4.88. The van der Waals surface area contributed by atoms with Crippen LogP contribution in [0.3, 0.4) is 0 Å². The molecule has 1 fully saturated rings. The molecule has 230 valence electrons. The van der Waals surface area contributed by atoms with E-state index < -0.39 is 30.5 Å². The lowest BCUT2D eigenvalue weighted by Gasteiger charge is -2.48. The average Bonchev–Trinajstić information content (AvgIpc) is 2.92. The summed E-state index contributed by atoms with van der Waals surface area (Å²) in [4.78, 5) is 12.5. The smallest absolute Gasteiger partial charge is 0.303 e. The number of carbonyl (C=O) groups is 1. The van der Waals surface area contributed by atoms with Crippen LogP contribution in [0.15, 0.2) is 22.7 Å². The number of carbonyl (C=O) groups excluding carboxylic acids is 1. The summed E-state index contributed by atoms with van der Waals surface area (Å²) in [6, 6.07) is 5.98. The van der Waals surface area contributed by atoms with Crippen molar-refractivity contribution in [3.63, 3.8) is 0 Å². The SMILES string of the molecule is CCCCOCC1O[C@H]([C@H](OC(C)=O)c2ccc(Br)cc2C)C(OCCCC)C(OCCCC)[C@@H]1OCCCC. The molecule has 7 nitrogen and oxygen atoms in total. The summed E-state index contributed by atoms with van der Waals surface area (Å²) in [5, 5.41) is 0. The maximum atomic E-state index is 12.5. The molecule has 1 aliphatic rings. The maximum Gasteiger partial charge on any atom is 0.303 e. The molecule has 0 amide bonds. The third kappa shape index (κ3) is 11.3. The van der Waals surface area contributed by atoms with Gasteiger partial charge in [-0.15, -0.1) is 0 Å². The maximum absolute atomic E-state index is 12.5. The van der Waals surface area contributed by atoms with Crippen molar-refractivity contribution >= 4 is 21.9 Å². The number of ether oxygens (including phenoxy) is 6. The van der Waals surface area contributed by atoms with E-state index in [1.165, 1.54) is 6.92 Å². The van der Waals surface area contributed by atoms with E-state index >= 15 is 0 Å². The molecule has 1 saturated heterocycles. The number of hydrogen-bond acceptors (Lipinski definition) is 7. The molecule has 6 atom stereocenters. The number of rotatable bonds is 20. The molecule has 0 aliphatic carbocycles. The molecule has 0 saturated carbocycles. The third-order valence-electron chi connectivity index (χ3n) is 7.15. The third-order valence-corrected chi connectivity index (χ3v) is 7.64. The highest BCUT2D eigenvalue weighted by Crippen LogP contribution is 2.38. The first kappa shape index (κ1) is 35.2. The number of halogens is 1. The van der Waals surface area contributed by atoms with Crippen molar-refractivity contribution < 1.29 is 33.2 Å². The second-order valence-electron chi connectivity index (χ2n) is 10.7.